The van der Waals surface area contributed by atoms with Crippen LogP contribution in [0.4, 0.5) is 0 Å². The third kappa shape index (κ3) is 1.74. The molecule has 3 rings (SSSR count). The minimum Gasteiger partial charge on any atom is -0.396 e. The van der Waals surface area contributed by atoms with Gasteiger partial charge in [0.05, 0.1) is 6.61 Å². The van der Waals surface area contributed by atoms with Crippen molar-refractivity contribution in [1.29, 1.82) is 0 Å². The number of hydrogen-bond acceptors (Lipinski definition) is 4. The van der Waals surface area contributed by atoms with Crippen LogP contribution < -0.4 is 0 Å². The van der Waals surface area contributed by atoms with Crippen LogP contribution in [0.1, 0.15) is 38.2 Å². The first-order chi connectivity index (χ1) is 8.29. The third-order valence-corrected chi connectivity index (χ3v) is 5.49. The molecule has 3 heterocycles. The molecule has 0 saturated carbocycles. The highest BCUT2D eigenvalue weighted by molar-refractivity contribution is 7.03. The summed E-state index contributed by atoms with van der Waals surface area (Å²) in [6, 6.07) is 1.27. The summed E-state index contributed by atoms with van der Waals surface area (Å²) in [6.07, 6.45) is 6.83. The molecule has 2 fully saturated rings. The number of fused-ring (bicyclic) bond motifs is 2. The molecule has 17 heavy (non-hydrogen) atoms. The van der Waals surface area contributed by atoms with Crippen molar-refractivity contribution in [3.63, 3.8) is 0 Å². The van der Waals surface area contributed by atoms with Crippen LogP contribution in [0.5, 0.6) is 0 Å². The predicted molar refractivity (Wildman–Crippen MR) is 68.9 cm³/mol. The van der Waals surface area contributed by atoms with Gasteiger partial charge in [0.2, 0.25) is 0 Å². The Morgan fingerprint density at radius 1 is 1.59 bits per heavy atom. The zero-order valence-electron chi connectivity index (χ0n) is 10.3. The maximum absolute atomic E-state index is 9.75. The summed E-state index contributed by atoms with van der Waals surface area (Å²) >= 11 is 1.53. The lowest BCUT2D eigenvalue weighted by molar-refractivity contribution is 0.0714. The van der Waals surface area contributed by atoms with Gasteiger partial charge in [-0.25, -0.2) is 4.37 Å². The van der Waals surface area contributed by atoms with Gasteiger partial charge >= 0.3 is 0 Å². The van der Waals surface area contributed by atoms with Gasteiger partial charge in [-0.15, -0.1) is 0 Å². The van der Waals surface area contributed by atoms with Crippen molar-refractivity contribution in [2.75, 3.05) is 6.61 Å². The van der Waals surface area contributed by atoms with Gasteiger partial charge in [0, 0.05) is 35.6 Å². The molecule has 1 aromatic rings. The molecular formula is C13H20N2OS. The number of aliphatic hydroxyl groups is 1. The van der Waals surface area contributed by atoms with E-state index in [2.05, 4.69) is 21.6 Å². The first-order valence-corrected chi connectivity index (χ1v) is 7.37. The summed E-state index contributed by atoms with van der Waals surface area (Å²) in [5, 5.41) is 11.9. The van der Waals surface area contributed by atoms with E-state index in [9.17, 15) is 5.11 Å². The molecule has 2 saturated heterocycles. The molecule has 0 radical (unpaired) electrons. The Hall–Kier alpha value is -0.450. The standard InChI is InChI=1S/C13H20N2OS/c1-2-13(9-16)5-11-3-4-12(13)15(11)7-10-6-14-17-8-10/h6,8,11-12,16H,2-5,7,9H2,1H3/t11-,12+,13-/m0/s1. The summed E-state index contributed by atoms with van der Waals surface area (Å²) in [4.78, 5) is 2.61. The second-order valence-electron chi connectivity index (χ2n) is 5.53. The van der Waals surface area contributed by atoms with Crippen LogP contribution in [0.25, 0.3) is 0 Å². The van der Waals surface area contributed by atoms with Crippen molar-refractivity contribution in [1.82, 2.24) is 9.27 Å². The van der Waals surface area contributed by atoms with Crippen LogP contribution in [-0.2, 0) is 6.54 Å². The fraction of sp³-hybridized carbons (Fsp3) is 0.769. The monoisotopic (exact) mass is 252 g/mol. The summed E-state index contributed by atoms with van der Waals surface area (Å²) in [7, 11) is 0. The second-order valence-corrected chi connectivity index (χ2v) is 6.19. The molecular weight excluding hydrogens is 232 g/mol. The summed E-state index contributed by atoms with van der Waals surface area (Å²) in [5.74, 6) is 0. The number of aliphatic hydroxyl groups excluding tert-OH is 1. The average molecular weight is 252 g/mol. The van der Waals surface area contributed by atoms with Gasteiger partial charge in [0.15, 0.2) is 0 Å². The minimum atomic E-state index is 0.173. The van der Waals surface area contributed by atoms with Gasteiger partial charge in [-0.1, -0.05) is 6.92 Å². The number of hydrogen-bond donors (Lipinski definition) is 1. The van der Waals surface area contributed by atoms with E-state index in [0.29, 0.717) is 18.7 Å². The Morgan fingerprint density at radius 3 is 3.06 bits per heavy atom. The molecule has 1 N–H and O–H groups in total. The normalized spacial score (nSPS) is 36.8. The van der Waals surface area contributed by atoms with E-state index in [-0.39, 0.29) is 5.41 Å². The Kier molecular flexibility index (Phi) is 2.97. The van der Waals surface area contributed by atoms with Crippen molar-refractivity contribution in [3.8, 4) is 0 Å². The smallest absolute Gasteiger partial charge is 0.0502 e. The van der Waals surface area contributed by atoms with Gasteiger partial charge in [0.25, 0.3) is 0 Å². The van der Waals surface area contributed by atoms with E-state index < -0.39 is 0 Å². The van der Waals surface area contributed by atoms with Crippen molar-refractivity contribution in [2.24, 2.45) is 5.41 Å². The summed E-state index contributed by atoms with van der Waals surface area (Å²) < 4.78 is 4.18. The van der Waals surface area contributed by atoms with Crippen LogP contribution in [0, 0.1) is 5.41 Å². The SMILES string of the molecule is CC[C@@]1(CO)C[C@@H]2CC[C@H]1N2Cc1cnsc1. The molecule has 4 heteroatoms. The van der Waals surface area contributed by atoms with Crippen molar-refractivity contribution in [3.05, 3.63) is 17.1 Å². The Labute approximate surface area is 107 Å². The molecule has 3 nitrogen and oxygen atoms in total. The van der Waals surface area contributed by atoms with Gasteiger partial charge in [-0.3, -0.25) is 4.90 Å². The Balaban J connectivity index is 1.79. The van der Waals surface area contributed by atoms with E-state index in [0.717, 1.165) is 13.0 Å². The molecule has 0 unspecified atom stereocenters. The Morgan fingerprint density at radius 2 is 2.47 bits per heavy atom. The molecule has 2 aliphatic rings. The average Bonchev–Trinajstić information content (AvgIpc) is 3.06. The van der Waals surface area contributed by atoms with Gasteiger partial charge in [0.1, 0.15) is 0 Å². The zero-order chi connectivity index (χ0) is 11.9. The van der Waals surface area contributed by atoms with Gasteiger partial charge in [-0.05, 0) is 42.8 Å². The molecule has 3 atom stereocenters. The number of nitrogens with zero attached hydrogens (tertiary/aromatic N) is 2. The summed E-state index contributed by atoms with van der Waals surface area (Å²) in [5.41, 5.74) is 1.50. The van der Waals surface area contributed by atoms with E-state index in [1.807, 2.05) is 6.20 Å². The second kappa shape index (κ2) is 4.34. The molecule has 0 aliphatic carbocycles. The molecule has 0 spiro atoms. The largest absolute Gasteiger partial charge is 0.396 e. The lowest BCUT2D eigenvalue weighted by Crippen LogP contribution is -2.39. The Bertz CT molecular complexity index is 375. The molecule has 0 aromatic carbocycles. The van der Waals surface area contributed by atoms with Crippen LogP contribution in [0.2, 0.25) is 0 Å². The zero-order valence-corrected chi connectivity index (χ0v) is 11.1. The first kappa shape index (κ1) is 11.6. The van der Waals surface area contributed by atoms with Crippen LogP contribution in [-0.4, -0.2) is 33.1 Å². The minimum absolute atomic E-state index is 0.173. The maximum atomic E-state index is 9.75. The topological polar surface area (TPSA) is 36.4 Å². The van der Waals surface area contributed by atoms with Crippen LogP contribution >= 0.6 is 11.5 Å². The summed E-state index contributed by atoms with van der Waals surface area (Å²) in [6.45, 7) is 3.60. The molecule has 94 valence electrons. The van der Waals surface area contributed by atoms with E-state index in [4.69, 9.17) is 0 Å². The van der Waals surface area contributed by atoms with Crippen molar-refractivity contribution >= 4 is 11.5 Å². The lowest BCUT2D eigenvalue weighted by atomic mass is 9.72. The van der Waals surface area contributed by atoms with E-state index in [1.54, 1.807) is 0 Å². The van der Waals surface area contributed by atoms with Crippen molar-refractivity contribution in [2.45, 2.75) is 51.2 Å². The third-order valence-electron chi connectivity index (χ3n) is 4.86. The maximum Gasteiger partial charge on any atom is 0.0502 e. The highest BCUT2D eigenvalue weighted by Gasteiger charge is 2.54. The quantitative estimate of drug-likeness (QED) is 0.893. The fourth-order valence-electron chi connectivity index (χ4n) is 3.84. The lowest BCUT2D eigenvalue weighted by Gasteiger charge is -2.35. The van der Waals surface area contributed by atoms with Gasteiger partial charge in [-0.2, -0.15) is 0 Å². The number of aromatic nitrogens is 1. The van der Waals surface area contributed by atoms with Crippen molar-refractivity contribution < 1.29 is 5.11 Å². The van der Waals surface area contributed by atoms with Crippen LogP contribution in [0.3, 0.4) is 0 Å². The highest BCUT2D eigenvalue weighted by Crippen LogP contribution is 2.51. The molecule has 1 aromatic heterocycles. The molecule has 0 amide bonds. The molecule has 2 bridgehead atoms. The van der Waals surface area contributed by atoms with E-state index in [1.165, 1.54) is 36.4 Å². The number of rotatable bonds is 4. The fourth-order valence-corrected chi connectivity index (χ4v) is 4.36. The predicted octanol–water partition coefficient (Wildman–Crippen LogP) is 2.27. The molecule has 2 aliphatic heterocycles. The van der Waals surface area contributed by atoms with E-state index >= 15 is 0 Å². The van der Waals surface area contributed by atoms with Gasteiger partial charge < -0.3 is 5.11 Å². The highest BCUT2D eigenvalue weighted by atomic mass is 32.1. The first-order valence-electron chi connectivity index (χ1n) is 6.54. The van der Waals surface area contributed by atoms with Crippen LogP contribution in [0.15, 0.2) is 11.6 Å².